The Morgan fingerprint density at radius 1 is 1.04 bits per heavy atom. The molecule has 0 aliphatic carbocycles. The second-order valence-electron chi connectivity index (χ2n) is 5.66. The second kappa shape index (κ2) is 6.75. The lowest BCUT2D eigenvalue weighted by atomic mass is 9.96. The molecule has 2 aromatic carbocycles. The molecule has 0 fully saturated rings. The van der Waals surface area contributed by atoms with E-state index >= 15 is 0 Å². The predicted molar refractivity (Wildman–Crippen MR) is 93.8 cm³/mol. The molecule has 130 valence electrons. The van der Waals surface area contributed by atoms with E-state index in [-0.39, 0.29) is 10.0 Å². The first-order chi connectivity index (χ1) is 11.8. The molecule has 0 amide bonds. The zero-order valence-corrected chi connectivity index (χ0v) is 14.9. The van der Waals surface area contributed by atoms with Gasteiger partial charge in [0.1, 0.15) is 17.7 Å². The quantitative estimate of drug-likeness (QED) is 0.687. The van der Waals surface area contributed by atoms with Crippen molar-refractivity contribution in [1.29, 1.82) is 0 Å². The van der Waals surface area contributed by atoms with E-state index < -0.39 is 17.7 Å². The maximum absolute atomic E-state index is 13.4. The minimum atomic E-state index is -1.14. The minimum absolute atomic E-state index is 0.104. The highest BCUT2D eigenvalue weighted by molar-refractivity contribution is 6.33. The number of benzene rings is 2. The molecule has 0 radical (unpaired) electrons. The van der Waals surface area contributed by atoms with Crippen LogP contribution in [-0.4, -0.2) is 14.9 Å². The Kier molecular flexibility index (Phi) is 4.82. The molecule has 0 saturated heterocycles. The first-order valence-corrected chi connectivity index (χ1v) is 8.17. The monoisotopic (exact) mass is 382 g/mol. The summed E-state index contributed by atoms with van der Waals surface area (Å²) in [4.78, 5) is 0. The van der Waals surface area contributed by atoms with E-state index in [0.29, 0.717) is 28.1 Å². The van der Waals surface area contributed by atoms with Gasteiger partial charge in [0.05, 0.1) is 16.4 Å². The molecule has 25 heavy (non-hydrogen) atoms. The third kappa shape index (κ3) is 3.27. The molecule has 3 nitrogen and oxygen atoms in total. The third-order valence-corrected chi connectivity index (χ3v) is 4.63. The fourth-order valence-corrected chi connectivity index (χ4v) is 3.41. The number of halogens is 4. The van der Waals surface area contributed by atoms with E-state index in [1.807, 2.05) is 0 Å². The third-order valence-electron chi connectivity index (χ3n) is 3.99. The summed E-state index contributed by atoms with van der Waals surface area (Å²) < 4.78 is 28.2. The molecule has 3 aromatic rings. The molecule has 1 heterocycles. The van der Waals surface area contributed by atoms with Crippen LogP contribution in [0.1, 0.15) is 22.9 Å². The van der Waals surface area contributed by atoms with Crippen molar-refractivity contribution in [3.63, 3.8) is 0 Å². The molecule has 3 rings (SSSR count). The van der Waals surface area contributed by atoms with Gasteiger partial charge in [-0.05, 0) is 37.3 Å². The van der Waals surface area contributed by atoms with Gasteiger partial charge in [-0.25, -0.2) is 8.78 Å². The average Bonchev–Trinajstić information content (AvgIpc) is 2.81. The number of aryl methyl sites for hydroxylation is 2. The highest BCUT2D eigenvalue weighted by Gasteiger charge is 2.26. The smallest absolute Gasteiger partial charge is 0.124 e. The number of hydrogen-bond donors (Lipinski definition) is 1. The Morgan fingerprint density at radius 2 is 1.64 bits per heavy atom. The highest BCUT2D eigenvalue weighted by Crippen LogP contribution is 2.39. The van der Waals surface area contributed by atoms with Crippen LogP contribution >= 0.6 is 23.2 Å². The molecule has 0 bridgehead atoms. The summed E-state index contributed by atoms with van der Waals surface area (Å²) in [6.07, 6.45) is -1.14. The summed E-state index contributed by atoms with van der Waals surface area (Å²) in [6.45, 7) is 1.73. The second-order valence-corrected chi connectivity index (χ2v) is 6.48. The molecular formula is C18H14Cl2F2N2O. The van der Waals surface area contributed by atoms with Crippen molar-refractivity contribution in [2.75, 3.05) is 0 Å². The Labute approximate surface area is 153 Å². The fraction of sp³-hybridized carbons (Fsp3) is 0.167. The van der Waals surface area contributed by atoms with Crippen LogP contribution in [0.3, 0.4) is 0 Å². The van der Waals surface area contributed by atoms with Gasteiger partial charge in [-0.15, -0.1) is 0 Å². The molecule has 0 spiro atoms. The van der Waals surface area contributed by atoms with Gasteiger partial charge in [0.2, 0.25) is 0 Å². The maximum Gasteiger partial charge on any atom is 0.124 e. The molecule has 7 heteroatoms. The van der Waals surface area contributed by atoms with Gasteiger partial charge in [0, 0.05) is 28.8 Å². The Morgan fingerprint density at radius 3 is 2.24 bits per heavy atom. The predicted octanol–water partition coefficient (Wildman–Crippen LogP) is 5.06. The lowest BCUT2D eigenvalue weighted by molar-refractivity contribution is 0.220. The van der Waals surface area contributed by atoms with E-state index in [4.69, 9.17) is 23.2 Å². The van der Waals surface area contributed by atoms with Crippen molar-refractivity contribution < 1.29 is 13.9 Å². The van der Waals surface area contributed by atoms with Gasteiger partial charge in [0.25, 0.3) is 0 Å². The Hall–Kier alpha value is -1.95. The van der Waals surface area contributed by atoms with Gasteiger partial charge in [-0.2, -0.15) is 5.10 Å². The first-order valence-electron chi connectivity index (χ1n) is 7.41. The van der Waals surface area contributed by atoms with Crippen LogP contribution in [0.25, 0.3) is 11.3 Å². The number of aliphatic hydroxyl groups excluding tert-OH is 1. The van der Waals surface area contributed by atoms with Gasteiger partial charge in [-0.1, -0.05) is 29.3 Å². The summed E-state index contributed by atoms with van der Waals surface area (Å²) in [7, 11) is 1.70. The van der Waals surface area contributed by atoms with Crippen LogP contribution < -0.4 is 0 Å². The van der Waals surface area contributed by atoms with Gasteiger partial charge in [0.15, 0.2) is 0 Å². The van der Waals surface area contributed by atoms with Crippen molar-refractivity contribution in [3.8, 4) is 11.3 Å². The molecule has 0 aliphatic rings. The molecule has 1 N–H and O–H groups in total. The van der Waals surface area contributed by atoms with Gasteiger partial charge >= 0.3 is 0 Å². The van der Waals surface area contributed by atoms with Crippen LogP contribution in [0, 0.1) is 18.6 Å². The summed E-state index contributed by atoms with van der Waals surface area (Å²) >= 11 is 12.3. The van der Waals surface area contributed by atoms with Crippen molar-refractivity contribution >= 4 is 23.2 Å². The summed E-state index contributed by atoms with van der Waals surface area (Å²) in [5, 5.41) is 15.5. The Bertz CT molecular complexity index is 956. The van der Waals surface area contributed by atoms with Crippen LogP contribution in [0.4, 0.5) is 8.78 Å². The van der Waals surface area contributed by atoms with Gasteiger partial charge < -0.3 is 5.11 Å². The molecular weight excluding hydrogens is 369 g/mol. The molecule has 1 aromatic heterocycles. The van der Waals surface area contributed by atoms with Crippen LogP contribution in [0.15, 0.2) is 36.4 Å². The topological polar surface area (TPSA) is 38.0 Å². The summed E-state index contributed by atoms with van der Waals surface area (Å²) in [6, 6.07) is 7.78. The van der Waals surface area contributed by atoms with E-state index in [1.165, 1.54) is 30.3 Å². The largest absolute Gasteiger partial charge is 0.383 e. The molecule has 1 atom stereocenters. The molecule has 0 saturated carbocycles. The lowest BCUT2D eigenvalue weighted by Gasteiger charge is -2.16. The number of nitrogens with zero attached hydrogens (tertiary/aromatic N) is 2. The molecule has 1 unspecified atom stereocenters. The number of hydrogen-bond acceptors (Lipinski definition) is 2. The van der Waals surface area contributed by atoms with Crippen LogP contribution in [0.2, 0.25) is 10.0 Å². The maximum atomic E-state index is 13.4. The van der Waals surface area contributed by atoms with E-state index in [0.717, 1.165) is 6.07 Å². The number of aromatic nitrogens is 2. The number of aliphatic hydroxyl groups is 1. The van der Waals surface area contributed by atoms with Crippen molar-refractivity contribution in [2.24, 2.45) is 7.05 Å². The van der Waals surface area contributed by atoms with Crippen LogP contribution in [-0.2, 0) is 7.05 Å². The highest BCUT2D eigenvalue weighted by atomic mass is 35.5. The van der Waals surface area contributed by atoms with Crippen molar-refractivity contribution in [1.82, 2.24) is 9.78 Å². The van der Waals surface area contributed by atoms with Crippen molar-refractivity contribution in [2.45, 2.75) is 13.0 Å². The fourth-order valence-electron chi connectivity index (χ4n) is 2.88. The lowest BCUT2D eigenvalue weighted by Crippen LogP contribution is -2.05. The van der Waals surface area contributed by atoms with E-state index in [2.05, 4.69) is 5.10 Å². The SMILES string of the molecule is Cc1nn(C)c(-c2ccc(F)cc2Cl)c1C(O)c1ccc(F)cc1Cl. The summed E-state index contributed by atoms with van der Waals surface area (Å²) in [5.74, 6) is -0.957. The van der Waals surface area contributed by atoms with Crippen molar-refractivity contribution in [3.05, 3.63) is 74.9 Å². The first kappa shape index (κ1) is 17.9. The normalized spacial score (nSPS) is 12.4. The average molecular weight is 383 g/mol. The minimum Gasteiger partial charge on any atom is -0.383 e. The Balaban J connectivity index is 2.20. The van der Waals surface area contributed by atoms with E-state index in [1.54, 1.807) is 18.7 Å². The zero-order valence-electron chi connectivity index (χ0n) is 13.4. The summed E-state index contributed by atoms with van der Waals surface area (Å²) in [5.41, 5.74) is 2.45. The van der Waals surface area contributed by atoms with Gasteiger partial charge in [-0.3, -0.25) is 4.68 Å². The number of rotatable bonds is 3. The molecule has 0 aliphatic heterocycles. The van der Waals surface area contributed by atoms with Crippen LogP contribution in [0.5, 0.6) is 0 Å². The standard InChI is InChI=1S/C18H14Cl2F2N2O/c1-9-16(18(25)13-6-4-11(22)8-15(13)20)17(24(2)23-9)12-5-3-10(21)7-14(12)19/h3-8,18,25H,1-2H3. The zero-order chi connectivity index (χ0) is 18.3. The van der Waals surface area contributed by atoms with E-state index in [9.17, 15) is 13.9 Å².